The van der Waals surface area contributed by atoms with Gasteiger partial charge in [0.15, 0.2) is 0 Å². The minimum Gasteiger partial charge on any atom is -0.457 e. The summed E-state index contributed by atoms with van der Waals surface area (Å²) in [6.07, 6.45) is 1.15. The van der Waals surface area contributed by atoms with Crippen LogP contribution in [0.3, 0.4) is 0 Å². The van der Waals surface area contributed by atoms with E-state index in [2.05, 4.69) is 53.6 Å². The van der Waals surface area contributed by atoms with Gasteiger partial charge in [-0.25, -0.2) is 0 Å². The van der Waals surface area contributed by atoms with Crippen molar-refractivity contribution in [2.24, 2.45) is 0 Å². The minimum absolute atomic E-state index is 0.870. The Bertz CT molecular complexity index is 507. The highest BCUT2D eigenvalue weighted by atomic mass is 127. The SMILES string of the molecule is CCCN(C)c1ccc(Oc2ccc(I)cc2)cc1. The first kappa shape index (κ1) is 14.2. The fourth-order valence-electron chi connectivity index (χ4n) is 1.87. The Kier molecular flexibility index (Phi) is 5.07. The van der Waals surface area contributed by atoms with Crippen molar-refractivity contribution in [3.05, 3.63) is 52.1 Å². The molecule has 0 spiro atoms. The van der Waals surface area contributed by atoms with E-state index >= 15 is 0 Å². The van der Waals surface area contributed by atoms with Gasteiger partial charge in [0.25, 0.3) is 0 Å². The van der Waals surface area contributed by atoms with Crippen LogP contribution in [0, 0.1) is 3.57 Å². The van der Waals surface area contributed by atoms with E-state index in [0.29, 0.717) is 0 Å². The summed E-state index contributed by atoms with van der Waals surface area (Å²) < 4.78 is 7.02. The molecule has 0 aliphatic rings. The number of benzene rings is 2. The van der Waals surface area contributed by atoms with Gasteiger partial charge in [-0.15, -0.1) is 0 Å². The predicted molar refractivity (Wildman–Crippen MR) is 89.2 cm³/mol. The van der Waals surface area contributed by atoms with Crippen LogP contribution in [0.25, 0.3) is 0 Å². The smallest absolute Gasteiger partial charge is 0.127 e. The van der Waals surface area contributed by atoms with Gasteiger partial charge in [0.2, 0.25) is 0 Å². The van der Waals surface area contributed by atoms with Crippen LogP contribution in [-0.2, 0) is 0 Å². The van der Waals surface area contributed by atoms with Crippen LogP contribution < -0.4 is 9.64 Å². The molecule has 0 N–H and O–H groups in total. The molecule has 2 rings (SSSR count). The molecule has 2 aromatic carbocycles. The summed E-state index contributed by atoms with van der Waals surface area (Å²) in [5.74, 6) is 1.74. The first-order valence-electron chi connectivity index (χ1n) is 6.43. The number of anilines is 1. The van der Waals surface area contributed by atoms with Crippen molar-refractivity contribution < 1.29 is 4.74 Å². The lowest BCUT2D eigenvalue weighted by atomic mass is 10.2. The van der Waals surface area contributed by atoms with Gasteiger partial charge in [-0.2, -0.15) is 0 Å². The normalized spacial score (nSPS) is 10.3. The van der Waals surface area contributed by atoms with E-state index in [1.54, 1.807) is 0 Å². The molecule has 0 radical (unpaired) electrons. The lowest BCUT2D eigenvalue weighted by molar-refractivity contribution is 0.482. The van der Waals surface area contributed by atoms with Crippen molar-refractivity contribution in [2.45, 2.75) is 13.3 Å². The average molecular weight is 367 g/mol. The predicted octanol–water partition coefficient (Wildman–Crippen LogP) is 4.93. The highest BCUT2D eigenvalue weighted by Gasteiger charge is 2.01. The fourth-order valence-corrected chi connectivity index (χ4v) is 2.23. The zero-order valence-corrected chi connectivity index (χ0v) is 13.4. The molecule has 0 aliphatic heterocycles. The summed E-state index contributed by atoms with van der Waals surface area (Å²) in [6, 6.07) is 16.3. The fraction of sp³-hybridized carbons (Fsp3) is 0.250. The molecular weight excluding hydrogens is 349 g/mol. The molecule has 0 heterocycles. The number of rotatable bonds is 5. The summed E-state index contributed by atoms with van der Waals surface area (Å²) in [7, 11) is 2.11. The molecule has 100 valence electrons. The summed E-state index contributed by atoms with van der Waals surface area (Å²) in [5.41, 5.74) is 1.22. The maximum atomic E-state index is 5.81. The van der Waals surface area contributed by atoms with Crippen LogP contribution in [0.5, 0.6) is 11.5 Å². The molecular formula is C16H18INO. The summed E-state index contributed by atoms with van der Waals surface area (Å²) >= 11 is 2.29. The molecule has 0 saturated carbocycles. The molecule has 2 nitrogen and oxygen atoms in total. The maximum absolute atomic E-state index is 5.81. The average Bonchev–Trinajstić information content (AvgIpc) is 2.42. The van der Waals surface area contributed by atoms with Crippen molar-refractivity contribution in [1.82, 2.24) is 0 Å². The Labute approximate surface area is 128 Å². The van der Waals surface area contributed by atoms with Crippen LogP contribution in [0.1, 0.15) is 13.3 Å². The highest BCUT2D eigenvalue weighted by molar-refractivity contribution is 14.1. The zero-order chi connectivity index (χ0) is 13.7. The van der Waals surface area contributed by atoms with Crippen LogP contribution >= 0.6 is 22.6 Å². The topological polar surface area (TPSA) is 12.5 Å². The summed E-state index contributed by atoms with van der Waals surface area (Å²) in [5, 5.41) is 0. The van der Waals surface area contributed by atoms with E-state index in [-0.39, 0.29) is 0 Å². The molecule has 0 atom stereocenters. The van der Waals surface area contributed by atoms with E-state index in [1.807, 2.05) is 36.4 Å². The van der Waals surface area contributed by atoms with Gasteiger partial charge in [-0.1, -0.05) is 6.92 Å². The minimum atomic E-state index is 0.870. The van der Waals surface area contributed by atoms with Crippen LogP contribution in [-0.4, -0.2) is 13.6 Å². The Morgan fingerprint density at radius 3 is 2.00 bits per heavy atom. The van der Waals surface area contributed by atoms with Crippen LogP contribution in [0.2, 0.25) is 0 Å². The lowest BCUT2D eigenvalue weighted by Crippen LogP contribution is -2.17. The third-order valence-corrected chi connectivity index (χ3v) is 3.61. The largest absolute Gasteiger partial charge is 0.457 e. The quantitative estimate of drug-likeness (QED) is 0.695. The Morgan fingerprint density at radius 1 is 0.947 bits per heavy atom. The van der Waals surface area contributed by atoms with E-state index < -0.39 is 0 Å². The second-order valence-corrected chi connectivity index (χ2v) is 5.72. The Morgan fingerprint density at radius 2 is 1.47 bits per heavy atom. The van der Waals surface area contributed by atoms with Gasteiger partial charge in [0, 0.05) is 22.8 Å². The van der Waals surface area contributed by atoms with Crippen LogP contribution in [0.4, 0.5) is 5.69 Å². The number of hydrogen-bond donors (Lipinski definition) is 0. The maximum Gasteiger partial charge on any atom is 0.127 e. The van der Waals surface area contributed by atoms with Crippen molar-refractivity contribution in [1.29, 1.82) is 0 Å². The number of ether oxygens (including phenoxy) is 1. The highest BCUT2D eigenvalue weighted by Crippen LogP contribution is 2.24. The lowest BCUT2D eigenvalue weighted by Gasteiger charge is -2.18. The number of hydrogen-bond acceptors (Lipinski definition) is 2. The first-order chi connectivity index (χ1) is 9.19. The van der Waals surface area contributed by atoms with Gasteiger partial charge in [-0.3, -0.25) is 0 Å². The van der Waals surface area contributed by atoms with Gasteiger partial charge >= 0.3 is 0 Å². The molecule has 0 aromatic heterocycles. The zero-order valence-electron chi connectivity index (χ0n) is 11.3. The molecule has 0 amide bonds. The third kappa shape index (κ3) is 4.13. The van der Waals surface area contributed by atoms with Crippen molar-refractivity contribution in [3.63, 3.8) is 0 Å². The second-order valence-electron chi connectivity index (χ2n) is 4.47. The van der Waals surface area contributed by atoms with Gasteiger partial charge in [0.05, 0.1) is 0 Å². The van der Waals surface area contributed by atoms with Crippen molar-refractivity contribution in [3.8, 4) is 11.5 Å². The van der Waals surface area contributed by atoms with Crippen LogP contribution in [0.15, 0.2) is 48.5 Å². The molecule has 3 heteroatoms. The van der Waals surface area contributed by atoms with Gasteiger partial charge in [-0.05, 0) is 77.5 Å². The molecule has 0 unspecified atom stereocenters. The molecule has 0 aliphatic carbocycles. The molecule has 0 saturated heterocycles. The molecule has 0 bridgehead atoms. The Hall–Kier alpha value is -1.23. The van der Waals surface area contributed by atoms with E-state index in [0.717, 1.165) is 24.5 Å². The van der Waals surface area contributed by atoms with Crippen molar-refractivity contribution >= 4 is 28.3 Å². The third-order valence-electron chi connectivity index (χ3n) is 2.89. The van der Waals surface area contributed by atoms with Gasteiger partial charge < -0.3 is 9.64 Å². The van der Waals surface area contributed by atoms with E-state index in [1.165, 1.54) is 9.26 Å². The number of halogens is 1. The molecule has 19 heavy (non-hydrogen) atoms. The Balaban J connectivity index is 2.04. The summed E-state index contributed by atoms with van der Waals surface area (Å²) in [6.45, 7) is 3.25. The molecule has 0 fully saturated rings. The summed E-state index contributed by atoms with van der Waals surface area (Å²) in [4.78, 5) is 2.24. The number of nitrogens with zero attached hydrogens (tertiary/aromatic N) is 1. The monoisotopic (exact) mass is 367 g/mol. The van der Waals surface area contributed by atoms with E-state index in [9.17, 15) is 0 Å². The molecule has 2 aromatic rings. The van der Waals surface area contributed by atoms with Crippen molar-refractivity contribution in [2.75, 3.05) is 18.5 Å². The van der Waals surface area contributed by atoms with E-state index in [4.69, 9.17) is 4.74 Å². The first-order valence-corrected chi connectivity index (χ1v) is 7.51. The standard InChI is InChI=1S/C16H18INO/c1-3-12-18(2)14-6-10-16(11-7-14)19-15-8-4-13(17)5-9-15/h4-11H,3,12H2,1-2H3. The van der Waals surface area contributed by atoms with Gasteiger partial charge in [0.1, 0.15) is 11.5 Å². The second kappa shape index (κ2) is 6.80.